The highest BCUT2D eigenvalue weighted by atomic mass is 35.5. The van der Waals surface area contributed by atoms with E-state index in [0.717, 1.165) is 44.8 Å². The molecule has 4 rings (SSSR count). The molecule has 0 unspecified atom stereocenters. The lowest BCUT2D eigenvalue weighted by molar-refractivity contribution is 0.220. The molecular formula is C24H23Cl2N5O2. The summed E-state index contributed by atoms with van der Waals surface area (Å²) in [4.78, 5) is 17.0. The van der Waals surface area contributed by atoms with Crippen molar-refractivity contribution in [2.24, 2.45) is 0 Å². The zero-order valence-electron chi connectivity index (χ0n) is 18.0. The van der Waals surface area contributed by atoms with E-state index in [4.69, 9.17) is 33.2 Å². The molecule has 0 atom stereocenters. The molecule has 2 aromatic carbocycles. The quantitative estimate of drug-likeness (QED) is 0.472. The van der Waals surface area contributed by atoms with Gasteiger partial charge in [0.05, 0.1) is 34.0 Å². The molecule has 0 N–H and O–H groups in total. The van der Waals surface area contributed by atoms with E-state index in [0.29, 0.717) is 33.8 Å². The van der Waals surface area contributed by atoms with Gasteiger partial charge in [0.1, 0.15) is 0 Å². The van der Waals surface area contributed by atoms with Crippen molar-refractivity contribution < 1.29 is 4.74 Å². The zero-order chi connectivity index (χ0) is 23.2. The van der Waals surface area contributed by atoms with E-state index in [-0.39, 0.29) is 5.56 Å². The minimum absolute atomic E-state index is 0.277. The van der Waals surface area contributed by atoms with E-state index in [2.05, 4.69) is 21.0 Å². The standard InChI is InChI=1S/C24H23Cl2N5O2/c25-21-7-6-20(16-22(21)26)31-24(32)9-8-23(28-31)33-15-1-10-29-11-13-30(14-12-29)19-4-2-18(17-27)3-5-19/h2-9,16H,1,10-15H2. The minimum atomic E-state index is -0.277. The van der Waals surface area contributed by atoms with Crippen molar-refractivity contribution in [1.82, 2.24) is 14.7 Å². The summed E-state index contributed by atoms with van der Waals surface area (Å²) in [6, 6.07) is 17.8. The van der Waals surface area contributed by atoms with Gasteiger partial charge in [-0.2, -0.15) is 9.94 Å². The maximum Gasteiger partial charge on any atom is 0.271 e. The van der Waals surface area contributed by atoms with Gasteiger partial charge in [-0.15, -0.1) is 5.10 Å². The van der Waals surface area contributed by atoms with Gasteiger partial charge in [0, 0.05) is 50.5 Å². The summed E-state index contributed by atoms with van der Waals surface area (Å²) in [5.74, 6) is 0.381. The maximum absolute atomic E-state index is 12.2. The lowest BCUT2D eigenvalue weighted by atomic mass is 10.2. The fourth-order valence-electron chi connectivity index (χ4n) is 3.71. The number of hydrogen-bond acceptors (Lipinski definition) is 6. The molecule has 0 aliphatic carbocycles. The summed E-state index contributed by atoms with van der Waals surface area (Å²) in [7, 11) is 0. The Bertz CT molecular complexity index is 1200. The summed E-state index contributed by atoms with van der Waals surface area (Å²) >= 11 is 12.0. The summed E-state index contributed by atoms with van der Waals surface area (Å²) in [6.07, 6.45) is 0.852. The van der Waals surface area contributed by atoms with E-state index in [1.54, 1.807) is 24.3 Å². The van der Waals surface area contributed by atoms with Crippen LogP contribution in [0.2, 0.25) is 10.0 Å². The zero-order valence-corrected chi connectivity index (χ0v) is 19.5. The van der Waals surface area contributed by atoms with Gasteiger partial charge >= 0.3 is 0 Å². The number of nitrogens with zero attached hydrogens (tertiary/aromatic N) is 5. The first kappa shape index (κ1) is 23.1. The second-order valence-electron chi connectivity index (χ2n) is 7.71. The van der Waals surface area contributed by atoms with Gasteiger partial charge < -0.3 is 9.64 Å². The molecule has 1 saturated heterocycles. The third kappa shape index (κ3) is 5.85. The smallest absolute Gasteiger partial charge is 0.271 e. The average Bonchev–Trinajstić information content (AvgIpc) is 2.85. The van der Waals surface area contributed by atoms with Gasteiger partial charge in [-0.25, -0.2) is 0 Å². The van der Waals surface area contributed by atoms with Crippen LogP contribution in [-0.4, -0.2) is 54.0 Å². The summed E-state index contributed by atoms with van der Waals surface area (Å²) in [5, 5.41) is 14.0. The van der Waals surface area contributed by atoms with Crippen LogP contribution < -0.4 is 15.2 Å². The molecule has 0 amide bonds. The van der Waals surface area contributed by atoms with Crippen LogP contribution in [-0.2, 0) is 0 Å². The van der Waals surface area contributed by atoms with Crippen molar-refractivity contribution in [2.45, 2.75) is 6.42 Å². The molecule has 170 valence electrons. The molecule has 0 radical (unpaired) electrons. The molecule has 1 fully saturated rings. The number of nitriles is 1. The van der Waals surface area contributed by atoms with Crippen molar-refractivity contribution >= 4 is 28.9 Å². The van der Waals surface area contributed by atoms with E-state index >= 15 is 0 Å². The fourth-order valence-corrected chi connectivity index (χ4v) is 4.01. The average molecular weight is 484 g/mol. The van der Waals surface area contributed by atoms with Crippen LogP contribution in [0.5, 0.6) is 5.88 Å². The summed E-state index contributed by atoms with van der Waals surface area (Å²) < 4.78 is 7.04. The highest BCUT2D eigenvalue weighted by molar-refractivity contribution is 6.42. The van der Waals surface area contributed by atoms with Gasteiger partial charge in [0.2, 0.25) is 5.88 Å². The Morgan fingerprint density at radius 2 is 1.67 bits per heavy atom. The predicted octanol–water partition coefficient (Wildman–Crippen LogP) is 4.00. The van der Waals surface area contributed by atoms with Crippen LogP contribution in [0.4, 0.5) is 5.69 Å². The second kappa shape index (κ2) is 10.7. The summed E-state index contributed by atoms with van der Waals surface area (Å²) in [6.45, 7) is 5.27. The number of ether oxygens (including phenoxy) is 1. The van der Waals surface area contributed by atoms with Crippen molar-refractivity contribution in [3.8, 4) is 17.6 Å². The Balaban J connectivity index is 1.24. The molecule has 0 bridgehead atoms. The molecule has 9 heteroatoms. The van der Waals surface area contributed by atoms with Crippen molar-refractivity contribution in [1.29, 1.82) is 5.26 Å². The molecule has 3 aromatic rings. The molecule has 0 saturated carbocycles. The van der Waals surface area contributed by atoms with Crippen LogP contribution in [0.3, 0.4) is 0 Å². The van der Waals surface area contributed by atoms with E-state index in [9.17, 15) is 4.79 Å². The lowest BCUT2D eigenvalue weighted by Gasteiger charge is -2.36. The van der Waals surface area contributed by atoms with Crippen LogP contribution in [0.15, 0.2) is 59.4 Å². The van der Waals surface area contributed by atoms with Gasteiger partial charge in [0.25, 0.3) is 5.56 Å². The van der Waals surface area contributed by atoms with Crippen molar-refractivity contribution in [3.05, 3.63) is 80.6 Å². The van der Waals surface area contributed by atoms with Crippen molar-refractivity contribution in [3.63, 3.8) is 0 Å². The first-order valence-corrected chi connectivity index (χ1v) is 11.5. The molecule has 7 nitrogen and oxygen atoms in total. The van der Waals surface area contributed by atoms with Gasteiger partial charge in [-0.3, -0.25) is 9.69 Å². The number of aromatic nitrogens is 2. The van der Waals surface area contributed by atoms with Crippen LogP contribution in [0.1, 0.15) is 12.0 Å². The maximum atomic E-state index is 12.2. The SMILES string of the molecule is N#Cc1ccc(N2CCN(CCCOc3ccc(=O)n(-c4ccc(Cl)c(Cl)c4)n3)CC2)cc1. The predicted molar refractivity (Wildman–Crippen MR) is 130 cm³/mol. The number of rotatable bonds is 7. The van der Waals surface area contributed by atoms with E-state index in [1.165, 1.54) is 10.7 Å². The third-order valence-electron chi connectivity index (χ3n) is 5.53. The van der Waals surface area contributed by atoms with Gasteiger partial charge in [-0.1, -0.05) is 23.2 Å². The number of hydrogen-bond donors (Lipinski definition) is 0. The number of benzene rings is 2. The normalized spacial score (nSPS) is 14.2. The molecule has 0 spiro atoms. The first-order valence-electron chi connectivity index (χ1n) is 10.7. The second-order valence-corrected chi connectivity index (χ2v) is 8.52. The van der Waals surface area contributed by atoms with Crippen LogP contribution >= 0.6 is 23.2 Å². The minimum Gasteiger partial charge on any atom is -0.477 e. The van der Waals surface area contributed by atoms with Gasteiger partial charge in [0.15, 0.2) is 0 Å². The summed E-state index contributed by atoms with van der Waals surface area (Å²) in [5.41, 5.74) is 2.08. The highest BCUT2D eigenvalue weighted by Gasteiger charge is 2.17. The fraction of sp³-hybridized carbons (Fsp3) is 0.292. The first-order chi connectivity index (χ1) is 16.0. The lowest BCUT2D eigenvalue weighted by Crippen LogP contribution is -2.46. The third-order valence-corrected chi connectivity index (χ3v) is 6.27. The van der Waals surface area contributed by atoms with Crippen LogP contribution in [0.25, 0.3) is 5.69 Å². The Labute approximate surface area is 202 Å². The largest absolute Gasteiger partial charge is 0.477 e. The van der Waals surface area contributed by atoms with Gasteiger partial charge in [-0.05, 0) is 48.9 Å². The Kier molecular flexibility index (Phi) is 7.50. The molecule has 1 aliphatic rings. The number of halogens is 2. The number of anilines is 1. The van der Waals surface area contributed by atoms with Crippen LogP contribution in [0, 0.1) is 11.3 Å². The Morgan fingerprint density at radius 3 is 2.36 bits per heavy atom. The Morgan fingerprint density at radius 1 is 0.939 bits per heavy atom. The monoisotopic (exact) mass is 483 g/mol. The van der Waals surface area contributed by atoms with E-state index < -0.39 is 0 Å². The molecular weight excluding hydrogens is 461 g/mol. The van der Waals surface area contributed by atoms with E-state index in [1.807, 2.05) is 24.3 Å². The van der Waals surface area contributed by atoms with Crippen molar-refractivity contribution in [2.75, 3.05) is 44.2 Å². The molecule has 2 heterocycles. The molecule has 33 heavy (non-hydrogen) atoms. The molecule has 1 aromatic heterocycles. The highest BCUT2D eigenvalue weighted by Crippen LogP contribution is 2.24. The number of piperazine rings is 1. The topological polar surface area (TPSA) is 74.4 Å². The Hall–Kier alpha value is -3.05. The molecule has 1 aliphatic heterocycles.